The lowest BCUT2D eigenvalue weighted by Crippen LogP contribution is -1.85. The molecule has 0 heterocycles. The molecule has 0 unspecified atom stereocenters. The maximum Gasteiger partial charge on any atom is 0.127 e. The topological polar surface area (TPSA) is 9.23 Å². The Bertz CT molecular complexity index is 1080. The third-order valence-corrected chi connectivity index (χ3v) is 4.71. The first kappa shape index (κ1) is 18.2. The Balaban J connectivity index is 1.46. The lowest BCUT2D eigenvalue weighted by atomic mass is 10.0. The second-order valence-corrected chi connectivity index (χ2v) is 6.59. The first-order valence-corrected chi connectivity index (χ1v) is 9.27. The van der Waals surface area contributed by atoms with Gasteiger partial charge in [-0.1, -0.05) is 60.4 Å². The molecule has 1 heteroatoms. The number of terminal acetylenes is 2. The van der Waals surface area contributed by atoms with Gasteiger partial charge in [0.1, 0.15) is 11.5 Å². The summed E-state index contributed by atoms with van der Waals surface area (Å²) < 4.78 is 5.98. The van der Waals surface area contributed by atoms with Crippen LogP contribution in [0.4, 0.5) is 0 Å². The fraction of sp³-hybridized carbons (Fsp3) is 0. The van der Waals surface area contributed by atoms with Gasteiger partial charge in [-0.05, 0) is 70.8 Å². The maximum absolute atomic E-state index is 5.98. The third-order valence-electron chi connectivity index (χ3n) is 4.71. The standard InChI is InChI=1S/C28H18O/c1-3-21-5-9-23(10-6-21)25-13-17-27(18-14-25)29-28-19-15-26(16-20-28)24-11-7-22(4-2)8-12-24/h1-2,5-20H. The average Bonchev–Trinajstić information content (AvgIpc) is 2.80. The van der Waals surface area contributed by atoms with Crippen LogP contribution in [0.2, 0.25) is 0 Å². The highest BCUT2D eigenvalue weighted by Gasteiger charge is 2.02. The van der Waals surface area contributed by atoms with Gasteiger partial charge in [-0.15, -0.1) is 12.8 Å². The van der Waals surface area contributed by atoms with E-state index in [9.17, 15) is 0 Å². The number of benzene rings is 4. The molecule has 0 saturated heterocycles. The summed E-state index contributed by atoms with van der Waals surface area (Å²) >= 11 is 0. The van der Waals surface area contributed by atoms with Crippen LogP contribution in [0, 0.1) is 24.7 Å². The van der Waals surface area contributed by atoms with Crippen molar-refractivity contribution >= 4 is 0 Å². The molecule has 0 aliphatic rings. The highest BCUT2D eigenvalue weighted by molar-refractivity contribution is 5.66. The summed E-state index contributed by atoms with van der Waals surface area (Å²) in [6, 6.07) is 31.9. The molecule has 0 aromatic heterocycles. The van der Waals surface area contributed by atoms with Crippen LogP contribution in [0.5, 0.6) is 11.5 Å². The maximum atomic E-state index is 5.98. The Morgan fingerprint density at radius 1 is 0.414 bits per heavy atom. The number of rotatable bonds is 4. The van der Waals surface area contributed by atoms with Gasteiger partial charge in [-0.2, -0.15) is 0 Å². The Morgan fingerprint density at radius 3 is 0.966 bits per heavy atom. The van der Waals surface area contributed by atoms with E-state index < -0.39 is 0 Å². The van der Waals surface area contributed by atoms with E-state index in [0.717, 1.165) is 44.9 Å². The molecule has 0 fully saturated rings. The van der Waals surface area contributed by atoms with Crippen molar-refractivity contribution in [1.29, 1.82) is 0 Å². The summed E-state index contributed by atoms with van der Waals surface area (Å²) in [6.07, 6.45) is 10.8. The fourth-order valence-corrected chi connectivity index (χ4v) is 3.08. The molecule has 0 aliphatic heterocycles. The summed E-state index contributed by atoms with van der Waals surface area (Å²) in [5.41, 5.74) is 6.23. The Morgan fingerprint density at radius 2 is 0.690 bits per heavy atom. The largest absolute Gasteiger partial charge is 0.457 e. The molecular formula is C28H18O. The van der Waals surface area contributed by atoms with Crippen LogP contribution in [-0.4, -0.2) is 0 Å². The van der Waals surface area contributed by atoms with Crippen LogP contribution in [0.1, 0.15) is 11.1 Å². The lowest BCUT2D eigenvalue weighted by molar-refractivity contribution is 0.483. The van der Waals surface area contributed by atoms with Crippen LogP contribution in [0.25, 0.3) is 22.3 Å². The van der Waals surface area contributed by atoms with Gasteiger partial charge in [-0.3, -0.25) is 0 Å². The number of hydrogen-bond acceptors (Lipinski definition) is 1. The van der Waals surface area contributed by atoms with E-state index in [0.29, 0.717) is 0 Å². The minimum Gasteiger partial charge on any atom is -0.457 e. The van der Waals surface area contributed by atoms with E-state index in [-0.39, 0.29) is 0 Å². The van der Waals surface area contributed by atoms with Crippen LogP contribution in [0.15, 0.2) is 97.1 Å². The normalized spacial score (nSPS) is 10.0. The van der Waals surface area contributed by atoms with Gasteiger partial charge in [-0.25, -0.2) is 0 Å². The molecule has 4 aromatic carbocycles. The van der Waals surface area contributed by atoms with Gasteiger partial charge in [0.2, 0.25) is 0 Å². The van der Waals surface area contributed by atoms with Crippen molar-refractivity contribution in [1.82, 2.24) is 0 Å². The monoisotopic (exact) mass is 370 g/mol. The molecule has 0 N–H and O–H groups in total. The molecule has 0 saturated carbocycles. The van der Waals surface area contributed by atoms with Gasteiger partial charge >= 0.3 is 0 Å². The SMILES string of the molecule is C#Cc1ccc(-c2ccc(Oc3ccc(-c4ccc(C#C)cc4)cc3)cc2)cc1. The highest BCUT2D eigenvalue weighted by atomic mass is 16.5. The quantitative estimate of drug-likeness (QED) is 0.360. The van der Waals surface area contributed by atoms with E-state index in [4.69, 9.17) is 17.6 Å². The molecule has 4 rings (SSSR count). The smallest absolute Gasteiger partial charge is 0.127 e. The van der Waals surface area contributed by atoms with Crippen molar-refractivity contribution in [3.63, 3.8) is 0 Å². The average molecular weight is 370 g/mol. The minimum absolute atomic E-state index is 0.792. The predicted octanol–water partition coefficient (Wildman–Crippen LogP) is 6.78. The zero-order valence-corrected chi connectivity index (χ0v) is 15.8. The molecule has 4 aromatic rings. The number of hydrogen-bond donors (Lipinski definition) is 0. The molecule has 0 spiro atoms. The molecule has 0 atom stereocenters. The van der Waals surface area contributed by atoms with Gasteiger partial charge in [0.05, 0.1) is 0 Å². The van der Waals surface area contributed by atoms with Crippen LogP contribution >= 0.6 is 0 Å². The van der Waals surface area contributed by atoms with Crippen LogP contribution in [-0.2, 0) is 0 Å². The first-order chi connectivity index (χ1) is 14.2. The summed E-state index contributed by atoms with van der Waals surface area (Å²) in [5, 5.41) is 0. The summed E-state index contributed by atoms with van der Waals surface area (Å²) in [6.45, 7) is 0. The Kier molecular flexibility index (Phi) is 5.15. The van der Waals surface area contributed by atoms with E-state index in [1.54, 1.807) is 0 Å². The molecule has 29 heavy (non-hydrogen) atoms. The molecule has 136 valence electrons. The van der Waals surface area contributed by atoms with Crippen molar-refractivity contribution in [2.75, 3.05) is 0 Å². The summed E-state index contributed by atoms with van der Waals surface area (Å²) in [7, 11) is 0. The molecule has 0 amide bonds. The van der Waals surface area contributed by atoms with E-state index >= 15 is 0 Å². The fourth-order valence-electron chi connectivity index (χ4n) is 3.08. The second-order valence-electron chi connectivity index (χ2n) is 6.59. The third kappa shape index (κ3) is 4.22. The Hall–Kier alpha value is -4.20. The minimum atomic E-state index is 0.792. The van der Waals surface area contributed by atoms with Crippen molar-refractivity contribution in [3.05, 3.63) is 108 Å². The first-order valence-electron chi connectivity index (χ1n) is 9.27. The Labute approximate surface area is 171 Å². The molecule has 0 bridgehead atoms. The van der Waals surface area contributed by atoms with Crippen molar-refractivity contribution in [2.45, 2.75) is 0 Å². The summed E-state index contributed by atoms with van der Waals surface area (Å²) in [4.78, 5) is 0. The van der Waals surface area contributed by atoms with Crippen LogP contribution < -0.4 is 4.74 Å². The zero-order chi connectivity index (χ0) is 20.1. The highest BCUT2D eigenvalue weighted by Crippen LogP contribution is 2.28. The molecule has 0 aliphatic carbocycles. The summed E-state index contributed by atoms with van der Waals surface area (Å²) in [5.74, 6) is 6.85. The van der Waals surface area contributed by atoms with Gasteiger partial charge in [0, 0.05) is 11.1 Å². The molecular weight excluding hydrogens is 352 g/mol. The van der Waals surface area contributed by atoms with Gasteiger partial charge in [0.25, 0.3) is 0 Å². The molecule has 0 radical (unpaired) electrons. The van der Waals surface area contributed by atoms with Crippen molar-refractivity contribution in [2.24, 2.45) is 0 Å². The number of ether oxygens (including phenoxy) is 1. The van der Waals surface area contributed by atoms with Crippen LogP contribution in [0.3, 0.4) is 0 Å². The van der Waals surface area contributed by atoms with E-state index in [1.165, 1.54) is 0 Å². The van der Waals surface area contributed by atoms with Gasteiger partial charge in [0.15, 0.2) is 0 Å². The van der Waals surface area contributed by atoms with Gasteiger partial charge < -0.3 is 4.74 Å². The lowest BCUT2D eigenvalue weighted by Gasteiger charge is -2.09. The van der Waals surface area contributed by atoms with E-state index in [2.05, 4.69) is 11.8 Å². The zero-order valence-electron chi connectivity index (χ0n) is 15.8. The van der Waals surface area contributed by atoms with Crippen molar-refractivity contribution in [3.8, 4) is 58.4 Å². The molecule has 1 nitrogen and oxygen atoms in total. The van der Waals surface area contributed by atoms with Crippen molar-refractivity contribution < 1.29 is 4.74 Å². The van der Waals surface area contributed by atoms with E-state index in [1.807, 2.05) is 97.1 Å². The second kappa shape index (κ2) is 8.22. The predicted molar refractivity (Wildman–Crippen MR) is 120 cm³/mol.